The summed E-state index contributed by atoms with van der Waals surface area (Å²) in [6.45, 7) is 4.79. The number of Topliss-reactive ketones (excluding diaryl/α,β-unsaturated/α-hetero) is 1. The van der Waals surface area contributed by atoms with Crippen LogP contribution < -0.4 is 4.74 Å². The van der Waals surface area contributed by atoms with Crippen molar-refractivity contribution in [2.45, 2.75) is 217 Å². The smallest absolute Gasteiger partial charge is 0.306 e. The Kier molecular flexibility index (Phi) is 23.5. The van der Waals surface area contributed by atoms with Gasteiger partial charge in [-0.1, -0.05) is 83.3 Å². The minimum atomic E-state index is -0.215. The van der Waals surface area contributed by atoms with E-state index in [0.717, 1.165) is 122 Å². The molecular formula is C46H76O8. The molecule has 308 valence electrons. The fourth-order valence-corrected chi connectivity index (χ4v) is 8.12. The number of hydrogen-bond acceptors (Lipinski definition) is 8. The molecule has 1 aromatic carbocycles. The van der Waals surface area contributed by atoms with Crippen LogP contribution in [0, 0.1) is 0 Å². The molecule has 0 amide bonds. The molecular weight excluding hydrogens is 680 g/mol. The van der Waals surface area contributed by atoms with Gasteiger partial charge in [-0.2, -0.15) is 0 Å². The van der Waals surface area contributed by atoms with Crippen molar-refractivity contribution in [3.63, 3.8) is 0 Å². The first-order valence-corrected chi connectivity index (χ1v) is 22.5. The van der Waals surface area contributed by atoms with Crippen molar-refractivity contribution < 1.29 is 38.0 Å². The van der Waals surface area contributed by atoms with E-state index in [4.69, 9.17) is 28.4 Å². The number of ketones is 1. The van der Waals surface area contributed by atoms with E-state index >= 15 is 0 Å². The van der Waals surface area contributed by atoms with Gasteiger partial charge in [-0.3, -0.25) is 9.59 Å². The monoisotopic (exact) mass is 757 g/mol. The van der Waals surface area contributed by atoms with E-state index in [1.165, 1.54) is 76.2 Å². The van der Waals surface area contributed by atoms with E-state index in [9.17, 15) is 9.59 Å². The molecule has 0 spiro atoms. The number of ether oxygens (including phenoxy) is 6. The molecule has 1 saturated carbocycles. The summed E-state index contributed by atoms with van der Waals surface area (Å²) in [7, 11) is 0. The van der Waals surface area contributed by atoms with E-state index < -0.39 is 0 Å². The average molecular weight is 757 g/mol. The fourth-order valence-electron chi connectivity index (χ4n) is 8.12. The summed E-state index contributed by atoms with van der Waals surface area (Å²) in [5.41, 5.74) is 1.35. The van der Waals surface area contributed by atoms with Gasteiger partial charge in [0.2, 0.25) is 0 Å². The molecule has 3 fully saturated rings. The van der Waals surface area contributed by atoms with Gasteiger partial charge in [-0.15, -0.1) is 0 Å². The Morgan fingerprint density at radius 3 is 1.91 bits per heavy atom. The number of carbonyl (C=O) groups excluding carboxylic acids is 2. The lowest BCUT2D eigenvalue weighted by Gasteiger charge is -2.29. The predicted molar refractivity (Wildman–Crippen MR) is 215 cm³/mol. The Morgan fingerprint density at radius 1 is 0.648 bits per heavy atom. The highest BCUT2D eigenvalue weighted by Crippen LogP contribution is 2.35. The van der Waals surface area contributed by atoms with Crippen molar-refractivity contribution >= 4 is 11.8 Å². The first kappa shape index (κ1) is 44.7. The van der Waals surface area contributed by atoms with Crippen molar-refractivity contribution in [2.24, 2.45) is 0 Å². The maximum Gasteiger partial charge on any atom is 0.306 e. The second-order valence-electron chi connectivity index (χ2n) is 16.3. The molecule has 0 radical (unpaired) electrons. The molecule has 4 rings (SSSR count). The number of carbonyl (C=O) groups is 2. The molecule has 54 heavy (non-hydrogen) atoms. The lowest BCUT2D eigenvalue weighted by molar-refractivity contribution is -0.169. The zero-order valence-electron chi connectivity index (χ0n) is 34.1. The normalized spacial score (nSPS) is 22.5. The van der Waals surface area contributed by atoms with Gasteiger partial charge in [-0.05, 0) is 126 Å². The summed E-state index contributed by atoms with van der Waals surface area (Å²) < 4.78 is 35.1. The topological polar surface area (TPSA) is 89.5 Å². The van der Waals surface area contributed by atoms with Crippen LogP contribution >= 0.6 is 0 Å². The Morgan fingerprint density at radius 2 is 1.26 bits per heavy atom. The quantitative estimate of drug-likeness (QED) is 0.0589. The highest BCUT2D eigenvalue weighted by Gasteiger charge is 2.25. The van der Waals surface area contributed by atoms with Crippen molar-refractivity contribution in [3.8, 4) is 5.75 Å². The van der Waals surface area contributed by atoms with Gasteiger partial charge in [0, 0.05) is 32.7 Å². The molecule has 3 unspecified atom stereocenters. The van der Waals surface area contributed by atoms with E-state index in [0.29, 0.717) is 18.8 Å². The first-order chi connectivity index (χ1) is 26.6. The minimum absolute atomic E-state index is 0.0169. The molecule has 2 aliphatic heterocycles. The number of hydrogen-bond donors (Lipinski definition) is 0. The number of esters is 1. The summed E-state index contributed by atoms with van der Waals surface area (Å²) in [4.78, 5) is 25.0. The molecule has 0 N–H and O–H groups in total. The van der Waals surface area contributed by atoms with Crippen LogP contribution in [0.1, 0.15) is 198 Å². The number of benzene rings is 1. The van der Waals surface area contributed by atoms with Gasteiger partial charge in [-0.25, -0.2) is 0 Å². The summed E-state index contributed by atoms with van der Waals surface area (Å²) in [5, 5.41) is 0. The summed E-state index contributed by atoms with van der Waals surface area (Å²) in [6, 6.07) is 8.68. The van der Waals surface area contributed by atoms with Crippen molar-refractivity contribution in [1.82, 2.24) is 0 Å². The summed E-state index contributed by atoms with van der Waals surface area (Å²) >= 11 is 0. The van der Waals surface area contributed by atoms with Crippen molar-refractivity contribution in [1.29, 1.82) is 0 Å². The zero-order valence-corrected chi connectivity index (χ0v) is 34.1. The highest BCUT2D eigenvalue weighted by molar-refractivity contribution is 5.79. The number of unbranched alkanes of at least 4 members (excludes halogenated alkanes) is 11. The molecule has 2 heterocycles. The van der Waals surface area contributed by atoms with Crippen LogP contribution in [-0.2, 0) is 33.3 Å². The van der Waals surface area contributed by atoms with Gasteiger partial charge < -0.3 is 28.4 Å². The lowest BCUT2D eigenvalue weighted by Crippen LogP contribution is -2.25. The largest absolute Gasteiger partial charge is 0.490 e. The number of rotatable bonds is 29. The third kappa shape index (κ3) is 19.7. The second kappa shape index (κ2) is 28.4. The SMILES string of the molecule is CCCCCCC(CCCC(=O)COC1CCCCO1)Oc1ccc([C@H]2CC[C@H](OC(=O)CCCCCCCCCCCOC3CCCCO3)CC2)cc1. The van der Waals surface area contributed by atoms with Crippen LogP contribution in [0.4, 0.5) is 0 Å². The van der Waals surface area contributed by atoms with Gasteiger partial charge >= 0.3 is 5.97 Å². The maximum atomic E-state index is 12.6. The van der Waals surface area contributed by atoms with Crippen LogP contribution in [0.5, 0.6) is 5.75 Å². The van der Waals surface area contributed by atoms with Crippen LogP contribution in [0.3, 0.4) is 0 Å². The van der Waals surface area contributed by atoms with Gasteiger partial charge in [0.25, 0.3) is 0 Å². The molecule has 1 aliphatic carbocycles. The maximum absolute atomic E-state index is 12.6. The molecule has 1 aromatic rings. The second-order valence-corrected chi connectivity index (χ2v) is 16.3. The lowest BCUT2D eigenvalue weighted by atomic mass is 9.83. The molecule has 2 saturated heterocycles. The molecule has 0 aromatic heterocycles. The molecule has 3 aliphatic rings. The molecule has 8 nitrogen and oxygen atoms in total. The fraction of sp³-hybridized carbons (Fsp3) is 0.826. The Balaban J connectivity index is 1.02. The summed E-state index contributed by atoms with van der Waals surface area (Å²) in [5.74, 6) is 1.54. The van der Waals surface area contributed by atoms with Crippen LogP contribution in [0.15, 0.2) is 24.3 Å². The standard InChI is InChI=1S/C46H76O8/c1-2-3-4-12-21-41(22-19-20-40(47)37-52-46-25-15-18-36-51-46)53-42-30-26-38(27-31-42)39-28-32-43(33-29-39)54-44(48)23-13-10-8-6-5-7-9-11-16-34-49-45-24-14-17-35-50-45/h26-27,30-31,39,41,43,45-46H,2-25,28-29,32-37H2,1H3/t39-,41?,43-,45?,46?. The van der Waals surface area contributed by atoms with E-state index in [-0.39, 0.29) is 43.1 Å². The average Bonchev–Trinajstić information content (AvgIpc) is 3.20. The van der Waals surface area contributed by atoms with Gasteiger partial charge in [0.1, 0.15) is 18.5 Å². The van der Waals surface area contributed by atoms with Crippen molar-refractivity contribution in [3.05, 3.63) is 29.8 Å². The Bertz CT molecular complexity index is 1090. The van der Waals surface area contributed by atoms with E-state index in [2.05, 4.69) is 31.2 Å². The first-order valence-electron chi connectivity index (χ1n) is 22.5. The van der Waals surface area contributed by atoms with Crippen LogP contribution in [0.25, 0.3) is 0 Å². The predicted octanol–water partition coefficient (Wildman–Crippen LogP) is 11.7. The van der Waals surface area contributed by atoms with Crippen LogP contribution in [-0.4, -0.2) is 63.0 Å². The third-order valence-corrected chi connectivity index (χ3v) is 11.5. The third-order valence-electron chi connectivity index (χ3n) is 11.5. The Hall–Kier alpha value is -2.00. The van der Waals surface area contributed by atoms with E-state index in [1.54, 1.807) is 0 Å². The molecule has 8 heteroatoms. The summed E-state index contributed by atoms with van der Waals surface area (Å²) in [6.07, 6.45) is 29.8. The van der Waals surface area contributed by atoms with Gasteiger partial charge in [0.15, 0.2) is 18.4 Å². The minimum Gasteiger partial charge on any atom is -0.490 e. The molecule has 0 bridgehead atoms. The van der Waals surface area contributed by atoms with Crippen molar-refractivity contribution in [2.75, 3.05) is 26.4 Å². The molecule has 3 atom stereocenters. The van der Waals surface area contributed by atoms with Gasteiger partial charge in [0.05, 0.1) is 6.10 Å². The Labute approximate surface area is 328 Å². The van der Waals surface area contributed by atoms with E-state index in [1.807, 2.05) is 0 Å². The zero-order chi connectivity index (χ0) is 37.9. The van der Waals surface area contributed by atoms with Crippen LogP contribution in [0.2, 0.25) is 0 Å². The highest BCUT2D eigenvalue weighted by atomic mass is 16.7.